The number of carbonyl (C=O) groups is 3. The van der Waals surface area contributed by atoms with Crippen molar-refractivity contribution in [3.05, 3.63) is 47.2 Å². The van der Waals surface area contributed by atoms with Gasteiger partial charge in [-0.3, -0.25) is 14.5 Å². The molecule has 1 aromatic carbocycles. The quantitative estimate of drug-likeness (QED) is 0.474. The fraction of sp³-hybridized carbons (Fsp3) is 0.353. The number of hydrogen-bond donors (Lipinski definition) is 4. The van der Waals surface area contributed by atoms with Crippen LogP contribution in [-0.2, 0) is 9.59 Å². The highest BCUT2D eigenvalue weighted by Gasteiger charge is 2.50. The van der Waals surface area contributed by atoms with Crippen molar-refractivity contribution in [2.75, 3.05) is 0 Å². The van der Waals surface area contributed by atoms with Gasteiger partial charge in [-0.15, -0.1) is 0 Å². The molecule has 3 unspecified atom stereocenters. The monoisotopic (exact) mass is 367 g/mol. The van der Waals surface area contributed by atoms with Crippen LogP contribution in [0.2, 0.25) is 0 Å². The van der Waals surface area contributed by atoms with Crippen LogP contribution in [0.3, 0.4) is 0 Å². The Bertz CT molecular complexity index is 700. The van der Waals surface area contributed by atoms with Gasteiger partial charge in [0.15, 0.2) is 6.04 Å². The Morgan fingerprint density at radius 1 is 1.19 bits per heavy atom. The Balaban J connectivity index is 0.000000765. The maximum atomic E-state index is 14.1. The van der Waals surface area contributed by atoms with E-state index in [2.05, 4.69) is 5.32 Å². The van der Waals surface area contributed by atoms with Gasteiger partial charge in [-0.05, 0) is 26.3 Å². The van der Waals surface area contributed by atoms with Gasteiger partial charge in [0.05, 0.1) is 0 Å². The van der Waals surface area contributed by atoms with Crippen LogP contribution in [0.25, 0.3) is 0 Å². The lowest BCUT2D eigenvalue weighted by Gasteiger charge is -2.43. The highest BCUT2D eigenvalue weighted by Crippen LogP contribution is 2.28. The second-order valence-corrected chi connectivity index (χ2v) is 5.82. The van der Waals surface area contributed by atoms with E-state index in [4.69, 9.17) is 20.7 Å². The van der Waals surface area contributed by atoms with Crippen LogP contribution in [0.5, 0.6) is 0 Å². The maximum Gasteiger partial charge on any atom is 0.503 e. The number of halogens is 1. The Kier molecular flexibility index (Phi) is 7.27. The molecule has 0 spiro atoms. The van der Waals surface area contributed by atoms with Gasteiger partial charge in [0.2, 0.25) is 12.2 Å². The number of rotatable bonds is 4. The molecule has 1 saturated heterocycles. The molecule has 0 aromatic heterocycles. The first-order valence-corrected chi connectivity index (χ1v) is 7.72. The van der Waals surface area contributed by atoms with Crippen molar-refractivity contribution < 1.29 is 29.0 Å². The molecular weight excluding hydrogens is 345 g/mol. The third-order valence-corrected chi connectivity index (χ3v) is 3.85. The zero-order valence-electron chi connectivity index (χ0n) is 14.6. The molecule has 0 saturated carbocycles. The third kappa shape index (κ3) is 5.03. The van der Waals surface area contributed by atoms with Gasteiger partial charge in [-0.2, -0.15) is 0 Å². The number of allylic oxidation sites excluding steroid dienone is 2. The van der Waals surface area contributed by atoms with Crippen molar-refractivity contribution in [2.45, 2.75) is 39.2 Å². The van der Waals surface area contributed by atoms with E-state index < -0.39 is 36.3 Å². The van der Waals surface area contributed by atoms with E-state index in [9.17, 15) is 14.0 Å². The van der Waals surface area contributed by atoms with Crippen LogP contribution in [-0.4, -0.2) is 45.4 Å². The first-order valence-electron chi connectivity index (χ1n) is 7.72. The number of nitrogens with two attached hydrogens (primary N) is 1. The van der Waals surface area contributed by atoms with Crippen molar-refractivity contribution in [1.29, 1.82) is 0 Å². The van der Waals surface area contributed by atoms with E-state index in [0.29, 0.717) is 11.3 Å². The van der Waals surface area contributed by atoms with E-state index in [-0.39, 0.29) is 0 Å². The summed E-state index contributed by atoms with van der Waals surface area (Å²) in [4.78, 5) is 33.7. The third-order valence-electron chi connectivity index (χ3n) is 3.85. The zero-order chi connectivity index (χ0) is 20.0. The zero-order valence-corrected chi connectivity index (χ0v) is 14.6. The van der Waals surface area contributed by atoms with Crippen molar-refractivity contribution in [3.63, 3.8) is 0 Å². The van der Waals surface area contributed by atoms with Crippen molar-refractivity contribution >= 4 is 18.0 Å². The lowest BCUT2D eigenvalue weighted by molar-refractivity contribution is -0.159. The summed E-state index contributed by atoms with van der Waals surface area (Å²) in [6.45, 7) is 5.27. The Morgan fingerprint density at radius 3 is 2.12 bits per heavy atom. The summed E-state index contributed by atoms with van der Waals surface area (Å²) in [6.07, 6.45) is -3.39. The van der Waals surface area contributed by atoms with E-state index in [1.165, 1.54) is 0 Å². The average molecular weight is 367 g/mol. The van der Waals surface area contributed by atoms with Gasteiger partial charge in [0.1, 0.15) is 6.04 Å². The van der Waals surface area contributed by atoms with Crippen LogP contribution < -0.4 is 11.1 Å². The molecule has 8 nitrogen and oxygen atoms in total. The molecule has 2 amide bonds. The molecule has 0 aliphatic carbocycles. The lowest BCUT2D eigenvalue weighted by atomic mass is 10.0. The molecule has 142 valence electrons. The average Bonchev–Trinajstić information content (AvgIpc) is 2.59. The van der Waals surface area contributed by atoms with E-state index in [0.717, 1.165) is 10.5 Å². The number of alkyl halides is 1. The first kappa shape index (κ1) is 21.1. The molecule has 9 heteroatoms. The van der Waals surface area contributed by atoms with Crippen LogP contribution in [0.15, 0.2) is 41.6 Å². The minimum absolute atomic E-state index is 0.459. The minimum Gasteiger partial charge on any atom is -0.450 e. The van der Waals surface area contributed by atoms with Gasteiger partial charge >= 0.3 is 6.16 Å². The van der Waals surface area contributed by atoms with Crippen molar-refractivity contribution in [3.8, 4) is 0 Å². The number of hydrogen-bond acceptors (Lipinski definition) is 4. The summed E-state index contributed by atoms with van der Waals surface area (Å²) in [5, 5.41) is 16.3. The molecule has 1 heterocycles. The smallest absolute Gasteiger partial charge is 0.450 e. The topological polar surface area (TPSA) is 133 Å². The summed E-state index contributed by atoms with van der Waals surface area (Å²) in [7, 11) is 0. The summed E-state index contributed by atoms with van der Waals surface area (Å²) in [5.74, 6) is -1.03. The molecule has 0 radical (unpaired) electrons. The van der Waals surface area contributed by atoms with Gasteiger partial charge in [-0.1, -0.05) is 35.9 Å². The number of nitrogens with zero attached hydrogens (tertiary/aromatic N) is 1. The van der Waals surface area contributed by atoms with Crippen molar-refractivity contribution in [2.24, 2.45) is 5.73 Å². The molecular formula is C17H22FN3O5. The molecule has 3 atom stereocenters. The Morgan fingerprint density at radius 2 is 1.69 bits per heavy atom. The largest absolute Gasteiger partial charge is 0.503 e. The lowest BCUT2D eigenvalue weighted by Crippen LogP contribution is -2.68. The molecule has 1 fully saturated rings. The molecule has 5 N–H and O–H groups in total. The number of carbonyl (C=O) groups excluding carboxylic acids is 2. The molecule has 2 rings (SSSR count). The normalized spacial score (nSPS) is 19.4. The summed E-state index contributed by atoms with van der Waals surface area (Å²) < 4.78 is 14.1. The van der Waals surface area contributed by atoms with Gasteiger partial charge < -0.3 is 21.3 Å². The predicted octanol–water partition coefficient (Wildman–Crippen LogP) is 1.85. The first-order chi connectivity index (χ1) is 12.1. The number of benzene rings is 1. The van der Waals surface area contributed by atoms with E-state index in [1.54, 1.807) is 51.1 Å². The molecule has 1 aliphatic rings. The molecule has 1 aromatic rings. The van der Waals surface area contributed by atoms with Crippen LogP contribution in [0.1, 0.15) is 32.4 Å². The van der Waals surface area contributed by atoms with Crippen LogP contribution in [0.4, 0.5) is 9.18 Å². The molecule has 1 aliphatic heterocycles. The fourth-order valence-corrected chi connectivity index (χ4v) is 2.23. The predicted molar refractivity (Wildman–Crippen MR) is 91.7 cm³/mol. The number of amides is 2. The minimum atomic E-state index is -1.83. The Labute approximate surface area is 150 Å². The van der Waals surface area contributed by atoms with Crippen molar-refractivity contribution in [1.82, 2.24) is 10.2 Å². The second kappa shape index (κ2) is 8.95. The van der Waals surface area contributed by atoms with Gasteiger partial charge in [-0.25, -0.2) is 9.18 Å². The highest BCUT2D eigenvalue weighted by molar-refractivity contribution is 5.95. The number of β-lactam (4-membered cyclic amide) rings is 1. The van der Waals surface area contributed by atoms with Crippen LogP contribution in [0, 0.1) is 0 Å². The van der Waals surface area contributed by atoms with Crippen LogP contribution >= 0.6 is 0 Å². The molecule has 0 bridgehead atoms. The summed E-state index contributed by atoms with van der Waals surface area (Å²) >= 11 is 0. The van der Waals surface area contributed by atoms with Gasteiger partial charge in [0, 0.05) is 5.70 Å². The Hall–Kier alpha value is -2.94. The standard InChI is InChI=1S/C16H20FN3O2.CH2O3/c1-9(2)10(3)20-14(17)13(16(20)22)19-15(21)12(18)11-7-5-4-6-8-11;2-1(3)4/h4-8,12-14H,18H2,1-3H3,(H,19,21);(H2,2,3,4). The number of likely N-dealkylation sites (tertiary alicyclic amines) is 1. The second-order valence-electron chi connectivity index (χ2n) is 5.82. The summed E-state index contributed by atoms with van der Waals surface area (Å²) in [5.41, 5.74) is 7.86. The maximum absolute atomic E-state index is 14.1. The van der Waals surface area contributed by atoms with Gasteiger partial charge in [0.25, 0.3) is 5.91 Å². The summed E-state index contributed by atoms with van der Waals surface area (Å²) in [6, 6.07) is 6.64. The fourth-order valence-electron chi connectivity index (χ4n) is 2.23. The van der Waals surface area contributed by atoms with E-state index in [1.807, 2.05) is 0 Å². The molecule has 26 heavy (non-hydrogen) atoms. The highest BCUT2D eigenvalue weighted by atomic mass is 19.1. The number of carboxylic acid groups (broad SMARTS) is 2. The SMILES string of the molecule is CC(C)=C(C)N1C(=O)C(NC(=O)C(N)c2ccccc2)C1F.O=C(O)O. The van der Waals surface area contributed by atoms with E-state index >= 15 is 0 Å². The number of nitrogens with one attached hydrogen (secondary N) is 1.